The van der Waals surface area contributed by atoms with Gasteiger partial charge < -0.3 is 19.1 Å². The molecule has 1 amide bonds. The second kappa shape index (κ2) is 10.8. The zero-order chi connectivity index (χ0) is 25.0. The van der Waals surface area contributed by atoms with Crippen molar-refractivity contribution < 1.29 is 45.8 Å². The lowest BCUT2D eigenvalue weighted by molar-refractivity contribution is -0.131. The number of Topliss-reactive ketones (excluding diaryl/α,β-unsaturated/α-hetero) is 1. The Balaban J connectivity index is 2.29. The number of halogens is 5. The molecular weight excluding hydrogens is 473 g/mol. The first-order chi connectivity index (χ1) is 15.4. The molecule has 1 aromatic carbocycles. The van der Waals surface area contributed by atoms with Gasteiger partial charge in [0.25, 0.3) is 11.7 Å². The first-order valence-corrected chi connectivity index (χ1v) is 11.0. The van der Waals surface area contributed by atoms with Crippen LogP contribution in [0.3, 0.4) is 0 Å². The van der Waals surface area contributed by atoms with E-state index in [1.54, 1.807) is 0 Å². The van der Waals surface area contributed by atoms with Gasteiger partial charge >= 0.3 is 10.5 Å². The minimum Gasteiger partial charge on any atom is -0.493 e. The van der Waals surface area contributed by atoms with Gasteiger partial charge in [0.1, 0.15) is 6.04 Å². The zero-order valence-corrected chi connectivity index (χ0v) is 19.4. The molecule has 6 nitrogen and oxygen atoms in total. The maximum absolute atomic E-state index is 14.8. The number of hydrogen-bond acceptors (Lipinski definition) is 6. The predicted octanol–water partition coefficient (Wildman–Crippen LogP) is 4.94. The number of benzene rings is 1. The molecule has 12 heteroatoms. The number of ether oxygens (including phenoxy) is 3. The van der Waals surface area contributed by atoms with Crippen LogP contribution in [0.5, 0.6) is 17.2 Å². The number of likely N-dealkylation sites (tertiary alicyclic amines) is 1. The maximum Gasteiger partial charge on any atom is 0.329 e. The van der Waals surface area contributed by atoms with E-state index < -0.39 is 52.6 Å². The van der Waals surface area contributed by atoms with Crippen molar-refractivity contribution in [1.82, 2.24) is 4.90 Å². The molecule has 1 aliphatic heterocycles. The third-order valence-corrected chi connectivity index (χ3v) is 6.27. The summed E-state index contributed by atoms with van der Waals surface area (Å²) in [6, 6.07) is 0.388. The molecule has 2 unspecified atom stereocenters. The Labute approximate surface area is 192 Å². The van der Waals surface area contributed by atoms with E-state index in [1.807, 2.05) is 0 Å². The van der Waals surface area contributed by atoms with Gasteiger partial charge in [0.2, 0.25) is 5.75 Å². The lowest BCUT2D eigenvalue weighted by atomic mass is 10.1. The van der Waals surface area contributed by atoms with Gasteiger partial charge in [0.15, 0.2) is 17.7 Å². The van der Waals surface area contributed by atoms with Crippen LogP contribution < -0.4 is 14.2 Å². The van der Waals surface area contributed by atoms with Crippen molar-refractivity contribution in [3.8, 4) is 17.2 Å². The number of carbonyl (C=O) groups excluding carboxylic acids is 2. The summed E-state index contributed by atoms with van der Waals surface area (Å²) in [6.07, 6.45) is -3.52. The van der Waals surface area contributed by atoms with Crippen molar-refractivity contribution in [3.05, 3.63) is 17.7 Å². The van der Waals surface area contributed by atoms with Crippen molar-refractivity contribution in [2.24, 2.45) is 0 Å². The van der Waals surface area contributed by atoms with Crippen molar-refractivity contribution in [1.29, 1.82) is 0 Å². The Kier molecular flexibility index (Phi) is 8.83. The topological polar surface area (TPSA) is 65.1 Å². The Morgan fingerprint density at radius 2 is 1.70 bits per heavy atom. The van der Waals surface area contributed by atoms with E-state index >= 15 is 0 Å². The van der Waals surface area contributed by atoms with Gasteiger partial charge in [-0.25, -0.2) is 4.39 Å². The van der Waals surface area contributed by atoms with Crippen molar-refractivity contribution >= 4 is 23.5 Å². The smallest absolute Gasteiger partial charge is 0.329 e. The number of hydrogen-bond donors (Lipinski definition) is 0. The maximum atomic E-state index is 14.8. The Bertz CT molecular complexity index is 844. The molecule has 0 saturated carbocycles. The molecule has 0 spiro atoms. The van der Waals surface area contributed by atoms with Crippen LogP contribution in [-0.2, 0) is 4.79 Å². The number of methoxy groups -OCH3 is 3. The quantitative estimate of drug-likeness (QED) is 0.244. The fourth-order valence-electron chi connectivity index (χ4n) is 3.56. The van der Waals surface area contributed by atoms with E-state index in [2.05, 4.69) is 0 Å². The summed E-state index contributed by atoms with van der Waals surface area (Å²) in [6.45, 7) is 1.23. The summed E-state index contributed by atoms with van der Waals surface area (Å²) in [7, 11) is 3.91. The largest absolute Gasteiger partial charge is 0.493 e. The summed E-state index contributed by atoms with van der Waals surface area (Å²) >= 11 is -1.11. The lowest BCUT2D eigenvalue weighted by Crippen LogP contribution is -2.49. The van der Waals surface area contributed by atoms with Gasteiger partial charge in [0, 0.05) is 12.1 Å². The molecule has 186 valence electrons. The fourth-order valence-corrected chi connectivity index (χ4v) is 4.55. The van der Waals surface area contributed by atoms with Crippen LogP contribution >= 0.6 is 11.8 Å². The molecule has 1 aromatic rings. The zero-order valence-electron chi connectivity index (χ0n) is 18.6. The van der Waals surface area contributed by atoms with Crippen molar-refractivity contribution in [2.45, 2.75) is 55.3 Å². The van der Waals surface area contributed by atoms with Crippen LogP contribution in [0.15, 0.2) is 12.1 Å². The Morgan fingerprint density at radius 3 is 2.18 bits per heavy atom. The first kappa shape index (κ1) is 27.0. The van der Waals surface area contributed by atoms with Gasteiger partial charge in [-0.2, -0.15) is 17.6 Å². The monoisotopic (exact) mass is 499 g/mol. The molecule has 0 aliphatic carbocycles. The van der Waals surface area contributed by atoms with E-state index in [4.69, 9.17) is 14.2 Å². The highest BCUT2D eigenvalue weighted by Gasteiger charge is 2.56. The van der Waals surface area contributed by atoms with Crippen LogP contribution in [0, 0.1) is 0 Å². The Hall–Kier alpha value is -2.24. The highest BCUT2D eigenvalue weighted by molar-refractivity contribution is 8.01. The third kappa shape index (κ3) is 5.82. The summed E-state index contributed by atoms with van der Waals surface area (Å²) in [5.74, 6) is -2.15. The van der Waals surface area contributed by atoms with E-state index in [0.717, 1.165) is 0 Å². The van der Waals surface area contributed by atoms with Crippen LogP contribution in [0.2, 0.25) is 0 Å². The van der Waals surface area contributed by atoms with E-state index in [-0.39, 0.29) is 48.6 Å². The van der Waals surface area contributed by atoms with Crippen LogP contribution in [0.4, 0.5) is 22.0 Å². The van der Waals surface area contributed by atoms with Gasteiger partial charge in [-0.3, -0.25) is 9.59 Å². The number of thioether (sulfide) groups is 1. The van der Waals surface area contributed by atoms with Crippen molar-refractivity contribution in [3.63, 3.8) is 0 Å². The van der Waals surface area contributed by atoms with Crippen molar-refractivity contribution in [2.75, 3.05) is 27.9 Å². The number of ketones is 1. The van der Waals surface area contributed by atoms with E-state index in [9.17, 15) is 31.5 Å². The summed E-state index contributed by atoms with van der Waals surface area (Å²) < 4.78 is 86.8. The summed E-state index contributed by atoms with van der Waals surface area (Å²) in [4.78, 5) is 26.2. The minimum atomic E-state index is -4.35. The molecule has 2 atom stereocenters. The first-order valence-electron chi connectivity index (χ1n) is 10.2. The molecule has 0 aromatic heterocycles. The molecule has 1 aliphatic rings. The number of nitrogens with zero attached hydrogens (tertiary/aromatic N) is 1. The molecule has 1 saturated heterocycles. The Morgan fingerprint density at radius 1 is 1.12 bits per heavy atom. The third-order valence-electron chi connectivity index (χ3n) is 5.20. The van der Waals surface area contributed by atoms with Gasteiger partial charge in [0.05, 0.1) is 21.3 Å². The van der Waals surface area contributed by atoms with E-state index in [1.165, 1.54) is 40.4 Å². The number of carbonyl (C=O) groups is 2. The average Bonchev–Trinajstić information content (AvgIpc) is 3.27. The molecule has 33 heavy (non-hydrogen) atoms. The highest BCUT2D eigenvalue weighted by atomic mass is 32.2. The second-order valence-electron chi connectivity index (χ2n) is 7.38. The highest BCUT2D eigenvalue weighted by Crippen LogP contribution is 2.50. The SMILES string of the molecule is CCCC(F)C(F)(F)SC(F)(F)C1CCCN1C(=O)C(=O)c1cc(OC)c(OC)c(OC)c1. The predicted molar refractivity (Wildman–Crippen MR) is 112 cm³/mol. The normalized spacial score (nSPS) is 17.6. The number of rotatable bonds is 11. The molecule has 0 bridgehead atoms. The number of amides is 1. The second-order valence-corrected chi connectivity index (χ2v) is 8.67. The molecule has 0 radical (unpaired) electrons. The van der Waals surface area contributed by atoms with Gasteiger partial charge in [-0.1, -0.05) is 13.3 Å². The van der Waals surface area contributed by atoms with Gasteiger partial charge in [-0.15, -0.1) is 0 Å². The van der Waals surface area contributed by atoms with Crippen LogP contribution in [0.1, 0.15) is 43.0 Å². The van der Waals surface area contributed by atoms with Gasteiger partial charge in [-0.05, 0) is 43.2 Å². The average molecular weight is 499 g/mol. The van der Waals surface area contributed by atoms with Crippen LogP contribution in [-0.4, -0.2) is 67.2 Å². The standard InChI is InChI=1S/C21H26F5NO5S/c1-5-7-15(22)20(23,24)33-21(25,26)16-8-6-9-27(16)19(29)17(28)12-10-13(30-2)18(32-4)14(11-12)31-3/h10-11,15-16H,5-9H2,1-4H3. The summed E-state index contributed by atoms with van der Waals surface area (Å²) in [5.41, 5.74) is -0.215. The number of alkyl halides is 5. The molecule has 1 heterocycles. The molecule has 0 N–H and O–H groups in total. The minimum absolute atomic E-state index is 0.0558. The summed E-state index contributed by atoms with van der Waals surface area (Å²) in [5, 5.41) is -8.53. The molecule has 2 rings (SSSR count). The van der Waals surface area contributed by atoms with E-state index in [0.29, 0.717) is 4.90 Å². The molecular formula is C21H26F5NO5S. The molecule has 1 fully saturated rings. The lowest BCUT2D eigenvalue weighted by Gasteiger charge is -2.33. The van der Waals surface area contributed by atoms with Crippen LogP contribution in [0.25, 0.3) is 0 Å². The fraction of sp³-hybridized carbons (Fsp3) is 0.619.